The molecular weight excluding hydrogens is 257 g/mol. The van der Waals surface area contributed by atoms with Crippen LogP contribution >= 0.6 is 0 Å². The average molecular weight is 273 g/mol. The number of hydrogen-bond donors (Lipinski definition) is 1. The van der Waals surface area contributed by atoms with E-state index in [4.69, 9.17) is 0 Å². The fraction of sp³-hybridized carbons (Fsp3) is 0.250. The molecule has 0 fully saturated rings. The third-order valence-electron chi connectivity index (χ3n) is 3.18. The Morgan fingerprint density at radius 1 is 1.25 bits per heavy atom. The highest BCUT2D eigenvalue weighted by Crippen LogP contribution is 2.27. The second-order valence-electron chi connectivity index (χ2n) is 5.02. The lowest BCUT2D eigenvalue weighted by Gasteiger charge is -2.13. The van der Waals surface area contributed by atoms with Crippen LogP contribution in [0.2, 0.25) is 0 Å². The highest BCUT2D eigenvalue weighted by molar-refractivity contribution is 5.91. The second kappa shape index (κ2) is 5.41. The van der Waals surface area contributed by atoms with Crippen molar-refractivity contribution in [3.63, 3.8) is 0 Å². The Hall–Kier alpha value is -2.23. The first-order valence-corrected chi connectivity index (χ1v) is 6.41. The molecule has 2 rings (SSSR count). The average Bonchev–Trinajstić information content (AvgIpc) is 2.39. The number of carbonyl (C=O) groups is 1. The van der Waals surface area contributed by atoms with Crippen LogP contribution in [0.3, 0.4) is 0 Å². The zero-order chi connectivity index (χ0) is 14.9. The van der Waals surface area contributed by atoms with Gasteiger partial charge < -0.3 is 5.11 Å². The van der Waals surface area contributed by atoms with E-state index >= 15 is 0 Å². The normalized spacial score (nSPS) is 10.8. The summed E-state index contributed by atoms with van der Waals surface area (Å²) in [6.45, 7) is 5.65. The minimum Gasteiger partial charge on any atom is -0.478 e. The van der Waals surface area contributed by atoms with Gasteiger partial charge in [0.2, 0.25) is 0 Å². The van der Waals surface area contributed by atoms with E-state index in [1.54, 1.807) is 18.2 Å². The van der Waals surface area contributed by atoms with E-state index in [1.807, 2.05) is 20.8 Å². The molecule has 3 nitrogen and oxygen atoms in total. The van der Waals surface area contributed by atoms with Gasteiger partial charge in [0.05, 0.1) is 11.3 Å². The van der Waals surface area contributed by atoms with Gasteiger partial charge in [0.1, 0.15) is 5.82 Å². The van der Waals surface area contributed by atoms with Gasteiger partial charge in [-0.05, 0) is 36.6 Å². The van der Waals surface area contributed by atoms with Crippen molar-refractivity contribution in [2.24, 2.45) is 0 Å². The molecule has 0 saturated carbocycles. The maximum Gasteiger partial charge on any atom is 0.337 e. The summed E-state index contributed by atoms with van der Waals surface area (Å²) < 4.78 is 13.0. The lowest BCUT2D eigenvalue weighted by Crippen LogP contribution is -2.08. The summed E-state index contributed by atoms with van der Waals surface area (Å²) in [5.74, 6) is -1.29. The smallest absolute Gasteiger partial charge is 0.337 e. The van der Waals surface area contributed by atoms with E-state index in [0.29, 0.717) is 11.3 Å². The van der Waals surface area contributed by atoms with E-state index < -0.39 is 5.97 Å². The summed E-state index contributed by atoms with van der Waals surface area (Å²) in [7, 11) is 0. The van der Waals surface area contributed by atoms with Crippen molar-refractivity contribution in [1.82, 2.24) is 4.98 Å². The Kier molecular flexibility index (Phi) is 3.84. The molecule has 0 aliphatic carbocycles. The van der Waals surface area contributed by atoms with Gasteiger partial charge in [-0.1, -0.05) is 26.0 Å². The Bertz CT molecular complexity index is 648. The van der Waals surface area contributed by atoms with Crippen LogP contribution in [0.15, 0.2) is 30.3 Å². The number of hydrogen-bond acceptors (Lipinski definition) is 2. The molecule has 104 valence electrons. The zero-order valence-electron chi connectivity index (χ0n) is 11.6. The van der Waals surface area contributed by atoms with Gasteiger partial charge in [0.25, 0.3) is 0 Å². The molecule has 0 unspecified atom stereocenters. The first-order valence-electron chi connectivity index (χ1n) is 6.41. The van der Waals surface area contributed by atoms with Crippen molar-refractivity contribution in [3.8, 4) is 11.1 Å². The van der Waals surface area contributed by atoms with Gasteiger partial charge in [-0.15, -0.1) is 0 Å². The summed E-state index contributed by atoms with van der Waals surface area (Å²) in [6.07, 6.45) is 0. The molecule has 1 aromatic carbocycles. The standard InChI is InChI=1S/C16H16FNO2/c1-9(2)15-14(16(19)20)8-13(10(3)18-15)11-4-6-12(17)7-5-11/h4-9H,1-3H3,(H,19,20). The lowest BCUT2D eigenvalue weighted by atomic mass is 9.97. The molecular formula is C16H16FNO2. The Labute approximate surface area is 117 Å². The van der Waals surface area contributed by atoms with Crippen LogP contribution in [0.4, 0.5) is 4.39 Å². The van der Waals surface area contributed by atoms with Crippen molar-refractivity contribution in [1.29, 1.82) is 0 Å². The summed E-state index contributed by atoms with van der Waals surface area (Å²) >= 11 is 0. The third-order valence-corrected chi connectivity index (χ3v) is 3.18. The SMILES string of the molecule is Cc1nc(C(C)C)c(C(=O)O)cc1-c1ccc(F)cc1. The highest BCUT2D eigenvalue weighted by atomic mass is 19.1. The number of benzene rings is 1. The van der Waals surface area contributed by atoms with E-state index in [1.165, 1.54) is 12.1 Å². The summed E-state index contributed by atoms with van der Waals surface area (Å²) in [5.41, 5.74) is 2.98. The number of nitrogens with zero attached hydrogens (tertiary/aromatic N) is 1. The molecule has 1 N–H and O–H groups in total. The second-order valence-corrected chi connectivity index (χ2v) is 5.02. The van der Waals surface area contributed by atoms with Gasteiger partial charge in [0, 0.05) is 11.3 Å². The molecule has 4 heteroatoms. The van der Waals surface area contributed by atoms with Crippen molar-refractivity contribution in [2.45, 2.75) is 26.7 Å². The number of carboxylic acids is 1. The summed E-state index contributed by atoms with van der Waals surface area (Å²) in [5, 5.41) is 9.32. The topological polar surface area (TPSA) is 50.2 Å². The zero-order valence-corrected chi connectivity index (χ0v) is 11.6. The third kappa shape index (κ3) is 2.69. The number of pyridine rings is 1. The minimum atomic E-state index is -0.996. The molecule has 0 aliphatic heterocycles. The van der Waals surface area contributed by atoms with Gasteiger partial charge in [0.15, 0.2) is 0 Å². The summed E-state index contributed by atoms with van der Waals surface area (Å²) in [4.78, 5) is 15.8. The number of aromatic carboxylic acids is 1. The van der Waals surface area contributed by atoms with Crippen LogP contribution in [0.25, 0.3) is 11.1 Å². The molecule has 0 spiro atoms. The lowest BCUT2D eigenvalue weighted by molar-refractivity contribution is 0.0694. The number of carboxylic acid groups (broad SMARTS) is 1. The minimum absolute atomic E-state index is 0.0297. The number of aromatic nitrogens is 1. The fourth-order valence-electron chi connectivity index (χ4n) is 2.16. The monoisotopic (exact) mass is 273 g/mol. The first-order chi connectivity index (χ1) is 9.40. The number of halogens is 1. The quantitative estimate of drug-likeness (QED) is 0.919. The van der Waals surface area contributed by atoms with Crippen LogP contribution in [0.1, 0.15) is 41.5 Å². The Morgan fingerprint density at radius 3 is 2.35 bits per heavy atom. The van der Waals surface area contributed by atoms with Gasteiger partial charge in [-0.25, -0.2) is 9.18 Å². The van der Waals surface area contributed by atoms with Crippen molar-refractivity contribution >= 4 is 5.97 Å². The van der Waals surface area contributed by atoms with Crippen LogP contribution in [-0.4, -0.2) is 16.1 Å². The first kappa shape index (κ1) is 14.2. The fourth-order valence-corrected chi connectivity index (χ4v) is 2.16. The van der Waals surface area contributed by atoms with E-state index in [0.717, 1.165) is 11.3 Å². The van der Waals surface area contributed by atoms with Gasteiger partial charge >= 0.3 is 5.97 Å². The molecule has 0 atom stereocenters. The van der Waals surface area contributed by atoms with Crippen LogP contribution < -0.4 is 0 Å². The molecule has 0 amide bonds. The number of rotatable bonds is 3. The molecule has 1 heterocycles. The van der Waals surface area contributed by atoms with E-state index in [-0.39, 0.29) is 17.3 Å². The predicted octanol–water partition coefficient (Wildman–Crippen LogP) is 4.02. The van der Waals surface area contributed by atoms with Crippen molar-refractivity contribution in [2.75, 3.05) is 0 Å². The molecule has 2 aromatic rings. The van der Waals surface area contributed by atoms with E-state index in [2.05, 4.69) is 4.98 Å². The molecule has 20 heavy (non-hydrogen) atoms. The number of aryl methyl sites for hydroxylation is 1. The van der Waals surface area contributed by atoms with Crippen LogP contribution in [0.5, 0.6) is 0 Å². The van der Waals surface area contributed by atoms with Gasteiger partial charge in [-0.3, -0.25) is 4.98 Å². The van der Waals surface area contributed by atoms with Crippen molar-refractivity contribution in [3.05, 3.63) is 53.1 Å². The van der Waals surface area contributed by atoms with Crippen LogP contribution in [-0.2, 0) is 0 Å². The van der Waals surface area contributed by atoms with Gasteiger partial charge in [-0.2, -0.15) is 0 Å². The molecule has 1 aromatic heterocycles. The highest BCUT2D eigenvalue weighted by Gasteiger charge is 2.18. The van der Waals surface area contributed by atoms with E-state index in [9.17, 15) is 14.3 Å². The largest absolute Gasteiger partial charge is 0.478 e. The molecule has 0 aliphatic rings. The molecule has 0 radical (unpaired) electrons. The predicted molar refractivity (Wildman–Crippen MR) is 75.4 cm³/mol. The maximum absolute atomic E-state index is 13.0. The maximum atomic E-state index is 13.0. The molecule has 0 bridgehead atoms. The van der Waals surface area contributed by atoms with Crippen LogP contribution in [0, 0.1) is 12.7 Å². The molecule has 0 saturated heterocycles. The summed E-state index contributed by atoms with van der Waals surface area (Å²) in [6, 6.07) is 7.57. The Morgan fingerprint density at radius 2 is 1.85 bits per heavy atom. The van der Waals surface area contributed by atoms with Crippen molar-refractivity contribution < 1.29 is 14.3 Å². The Balaban J connectivity index is 2.63.